The third kappa shape index (κ3) is 3.29. The Balaban J connectivity index is 1.26. The number of fused-ring (bicyclic) bond motifs is 14. The molecule has 10 rings (SSSR count). The molecule has 0 saturated carbocycles. The number of rotatable bonds is 3. The van der Waals surface area contributed by atoms with Crippen molar-refractivity contribution < 1.29 is 8.98 Å². The molecule has 0 fully saturated rings. The molecule has 0 N–H and O–H groups in total. The maximum absolute atomic E-state index is 15.6. The number of hydrogen-bond acceptors (Lipinski definition) is 2. The molecule has 2 unspecified atom stereocenters. The predicted molar refractivity (Wildman–Crippen MR) is 195 cm³/mol. The molecule has 0 radical (unpaired) electrons. The number of furan rings is 1. The molecule has 47 heavy (non-hydrogen) atoms. The summed E-state index contributed by atoms with van der Waals surface area (Å²) < 4.78 is 22.5. The summed E-state index contributed by atoms with van der Waals surface area (Å²) in [4.78, 5) is 0. The van der Waals surface area contributed by atoms with Gasteiger partial charge in [-0.3, -0.25) is 0 Å². The SMILES string of the molecule is CC1(P(=O)(c2ccccc2)c2ccc3oc4c5c(ccc4c3c2)C2(c3ccccc3-c3ccccc32)c2ccccc2-5)C=CC=CC1. The molecule has 0 saturated heterocycles. The van der Waals surface area contributed by atoms with Crippen molar-refractivity contribution in [3.8, 4) is 22.3 Å². The second-order valence-corrected chi connectivity index (χ2v) is 16.6. The van der Waals surface area contributed by atoms with Gasteiger partial charge in [0.05, 0.1) is 10.6 Å². The first-order chi connectivity index (χ1) is 23.1. The van der Waals surface area contributed by atoms with E-state index in [2.05, 4.69) is 116 Å². The summed E-state index contributed by atoms with van der Waals surface area (Å²) in [6.07, 6.45) is 9.09. The van der Waals surface area contributed by atoms with Crippen LogP contribution in [-0.4, -0.2) is 5.16 Å². The third-order valence-electron chi connectivity index (χ3n) is 11.0. The first-order valence-corrected chi connectivity index (χ1v) is 18.1. The first-order valence-electron chi connectivity index (χ1n) is 16.4. The van der Waals surface area contributed by atoms with Gasteiger partial charge in [-0.1, -0.05) is 140 Å². The first kappa shape index (κ1) is 27.0. The predicted octanol–water partition coefficient (Wildman–Crippen LogP) is 10.5. The molecule has 0 bridgehead atoms. The lowest BCUT2D eigenvalue weighted by Crippen LogP contribution is -2.34. The molecule has 224 valence electrons. The van der Waals surface area contributed by atoms with Crippen LogP contribution in [0.2, 0.25) is 0 Å². The van der Waals surface area contributed by atoms with Gasteiger partial charge in [0, 0.05) is 26.9 Å². The largest absolute Gasteiger partial charge is 0.455 e. The minimum Gasteiger partial charge on any atom is -0.455 e. The molecule has 1 heterocycles. The van der Waals surface area contributed by atoms with Gasteiger partial charge in [-0.2, -0.15) is 0 Å². The topological polar surface area (TPSA) is 30.2 Å². The average Bonchev–Trinajstić information content (AvgIpc) is 3.75. The van der Waals surface area contributed by atoms with Crippen LogP contribution in [-0.2, 0) is 9.98 Å². The van der Waals surface area contributed by atoms with Gasteiger partial charge in [-0.15, -0.1) is 0 Å². The number of allylic oxidation sites excluding steroid dienone is 4. The average molecular weight is 623 g/mol. The van der Waals surface area contributed by atoms with E-state index in [9.17, 15) is 0 Å². The minimum atomic E-state index is -3.11. The standard InChI is InChI=1S/C44H31O2P/c1-43(26-12-3-13-27-43)47(45,29-14-4-2-5-15-29)30-22-25-40-35(28-30)33-23-24-39-41(42(33)46-40)34-18-8-11-21-38(34)44(39)36-19-9-6-16-31(36)32-17-7-10-20-37(32)44/h2-26,28H,27H2,1H3. The van der Waals surface area contributed by atoms with Gasteiger partial charge < -0.3 is 8.98 Å². The Morgan fingerprint density at radius 1 is 0.596 bits per heavy atom. The van der Waals surface area contributed by atoms with Crippen molar-refractivity contribution in [2.24, 2.45) is 0 Å². The Labute approximate surface area is 274 Å². The van der Waals surface area contributed by atoms with Crippen molar-refractivity contribution in [2.75, 3.05) is 0 Å². The Morgan fingerprint density at radius 3 is 1.91 bits per heavy atom. The fraction of sp³-hybridized carbons (Fsp3) is 0.0909. The van der Waals surface area contributed by atoms with E-state index in [0.717, 1.165) is 44.5 Å². The summed E-state index contributed by atoms with van der Waals surface area (Å²) in [5.41, 5.74) is 11.4. The smallest absolute Gasteiger partial charge is 0.152 e. The molecule has 3 aliphatic rings. The molecule has 3 heteroatoms. The van der Waals surface area contributed by atoms with E-state index in [0.29, 0.717) is 0 Å². The fourth-order valence-electron chi connectivity index (χ4n) is 8.92. The van der Waals surface area contributed by atoms with E-state index < -0.39 is 17.7 Å². The van der Waals surface area contributed by atoms with Gasteiger partial charge in [-0.25, -0.2) is 0 Å². The lowest BCUT2D eigenvalue weighted by Gasteiger charge is -2.36. The normalized spacial score (nSPS) is 19.4. The van der Waals surface area contributed by atoms with E-state index in [1.54, 1.807) is 0 Å². The molecule has 2 nitrogen and oxygen atoms in total. The van der Waals surface area contributed by atoms with Crippen molar-refractivity contribution in [3.63, 3.8) is 0 Å². The van der Waals surface area contributed by atoms with Crippen LogP contribution in [0.25, 0.3) is 44.2 Å². The monoisotopic (exact) mass is 622 g/mol. The van der Waals surface area contributed by atoms with Crippen molar-refractivity contribution in [2.45, 2.75) is 23.9 Å². The Bertz CT molecular complexity index is 2500. The van der Waals surface area contributed by atoms with Crippen LogP contribution in [0.1, 0.15) is 35.6 Å². The van der Waals surface area contributed by atoms with E-state index >= 15 is 4.57 Å². The maximum atomic E-state index is 15.6. The summed E-state index contributed by atoms with van der Waals surface area (Å²) in [5.74, 6) is 0. The second kappa shape index (κ2) is 9.44. The summed E-state index contributed by atoms with van der Waals surface area (Å²) in [7, 11) is -3.11. The van der Waals surface area contributed by atoms with E-state index in [-0.39, 0.29) is 0 Å². The van der Waals surface area contributed by atoms with Crippen molar-refractivity contribution in [1.82, 2.24) is 0 Å². The Morgan fingerprint density at radius 2 is 1.23 bits per heavy atom. The lowest BCUT2D eigenvalue weighted by atomic mass is 9.70. The quantitative estimate of drug-likeness (QED) is 0.184. The molecule has 2 atom stereocenters. The molecule has 1 aromatic heterocycles. The third-order valence-corrected chi connectivity index (χ3v) is 14.8. The molecule has 1 spiro atoms. The van der Waals surface area contributed by atoms with Gasteiger partial charge in [0.15, 0.2) is 7.14 Å². The van der Waals surface area contributed by atoms with Crippen LogP contribution in [0.15, 0.2) is 162 Å². The van der Waals surface area contributed by atoms with Gasteiger partial charge in [-0.05, 0) is 70.5 Å². The lowest BCUT2D eigenvalue weighted by molar-refractivity contribution is 0.565. The van der Waals surface area contributed by atoms with Crippen LogP contribution >= 0.6 is 7.14 Å². The molecular formula is C44H31O2P. The van der Waals surface area contributed by atoms with Crippen LogP contribution < -0.4 is 10.6 Å². The fourth-order valence-corrected chi connectivity index (χ4v) is 12.2. The Kier molecular flexibility index (Phi) is 5.42. The molecular weight excluding hydrogens is 591 g/mol. The van der Waals surface area contributed by atoms with Crippen LogP contribution in [0.4, 0.5) is 0 Å². The van der Waals surface area contributed by atoms with E-state index in [1.165, 1.54) is 38.9 Å². The highest BCUT2D eigenvalue weighted by Crippen LogP contribution is 2.64. The van der Waals surface area contributed by atoms with Gasteiger partial charge >= 0.3 is 0 Å². The summed E-state index contributed by atoms with van der Waals surface area (Å²) in [6, 6.07) is 47.4. The molecule has 0 amide bonds. The summed E-state index contributed by atoms with van der Waals surface area (Å²) in [5, 5.41) is 3.26. The van der Waals surface area contributed by atoms with Crippen molar-refractivity contribution >= 4 is 39.7 Å². The summed E-state index contributed by atoms with van der Waals surface area (Å²) >= 11 is 0. The van der Waals surface area contributed by atoms with E-state index in [4.69, 9.17) is 4.42 Å². The van der Waals surface area contributed by atoms with Gasteiger partial charge in [0.1, 0.15) is 11.2 Å². The van der Waals surface area contributed by atoms with Crippen LogP contribution in [0.5, 0.6) is 0 Å². The van der Waals surface area contributed by atoms with Gasteiger partial charge in [0.2, 0.25) is 0 Å². The zero-order valence-electron chi connectivity index (χ0n) is 26.0. The molecule has 3 aliphatic carbocycles. The van der Waals surface area contributed by atoms with Crippen molar-refractivity contribution in [3.05, 3.63) is 180 Å². The zero-order valence-corrected chi connectivity index (χ0v) is 26.9. The highest BCUT2D eigenvalue weighted by Gasteiger charge is 2.52. The van der Waals surface area contributed by atoms with E-state index in [1.807, 2.05) is 48.5 Å². The van der Waals surface area contributed by atoms with Crippen LogP contribution in [0.3, 0.4) is 0 Å². The summed E-state index contributed by atoms with van der Waals surface area (Å²) in [6.45, 7) is 2.14. The Hall–Kier alpha value is -5.17. The second-order valence-electron chi connectivity index (χ2n) is 13.3. The highest BCUT2D eigenvalue weighted by molar-refractivity contribution is 7.80. The number of hydrogen-bond donors (Lipinski definition) is 0. The maximum Gasteiger partial charge on any atom is 0.152 e. The number of benzene rings is 6. The molecule has 7 aromatic rings. The van der Waals surface area contributed by atoms with Crippen molar-refractivity contribution in [1.29, 1.82) is 0 Å². The van der Waals surface area contributed by atoms with Crippen LogP contribution in [0, 0.1) is 0 Å². The van der Waals surface area contributed by atoms with Gasteiger partial charge in [0.25, 0.3) is 0 Å². The minimum absolute atomic E-state index is 0.421. The highest BCUT2D eigenvalue weighted by atomic mass is 31.2. The molecule has 6 aromatic carbocycles. The zero-order chi connectivity index (χ0) is 31.4. The molecule has 0 aliphatic heterocycles.